The highest BCUT2D eigenvalue weighted by Gasteiger charge is 2.14. The topological polar surface area (TPSA) is 56.4 Å². The van der Waals surface area contributed by atoms with E-state index in [0.29, 0.717) is 5.92 Å². The number of ether oxygens (including phenoxy) is 1. The lowest BCUT2D eigenvalue weighted by Gasteiger charge is -2.06. The zero-order chi connectivity index (χ0) is 17.2. The van der Waals surface area contributed by atoms with Crippen LogP contribution in [0.4, 0.5) is 0 Å². The molecule has 1 N–H and O–H groups in total. The molecule has 0 spiro atoms. The van der Waals surface area contributed by atoms with E-state index in [1.165, 1.54) is 6.42 Å². The minimum atomic E-state index is 0.661. The maximum atomic E-state index is 5.61. The van der Waals surface area contributed by atoms with Gasteiger partial charge in [0.25, 0.3) is 0 Å². The normalized spacial score (nSPS) is 16.8. The lowest BCUT2D eigenvalue weighted by molar-refractivity contribution is 0.417. The molecule has 1 aliphatic rings. The van der Waals surface area contributed by atoms with E-state index in [1.807, 2.05) is 42.4 Å². The Kier molecular flexibility index (Phi) is 4.16. The molecule has 0 amide bonds. The van der Waals surface area contributed by atoms with E-state index in [-0.39, 0.29) is 0 Å². The second-order valence-corrected chi connectivity index (χ2v) is 6.42. The molecule has 1 saturated heterocycles. The summed E-state index contributed by atoms with van der Waals surface area (Å²) in [7, 11) is 3.58. The zero-order valence-corrected chi connectivity index (χ0v) is 14.5. The number of rotatable bonds is 3. The highest BCUT2D eigenvalue weighted by molar-refractivity contribution is 5.75. The summed E-state index contributed by atoms with van der Waals surface area (Å²) >= 11 is 0. The van der Waals surface area contributed by atoms with Crippen molar-refractivity contribution in [2.45, 2.75) is 12.8 Å². The molecule has 25 heavy (non-hydrogen) atoms. The second-order valence-electron chi connectivity index (χ2n) is 6.42. The number of aryl methyl sites for hydroxylation is 1. The molecule has 3 aromatic heterocycles. The van der Waals surface area contributed by atoms with Gasteiger partial charge in [-0.05, 0) is 31.5 Å². The standard InChI is InChI=1S/C19H21N5O/c1-23-12-17(11-21-23)16-8-18(25-2)19-15(10-22-24(19)13-16)5-3-4-14-6-7-20-9-14/h8,10-14,20H,4,6-7,9H2,1-2H3. The van der Waals surface area contributed by atoms with Crippen LogP contribution in [0.1, 0.15) is 18.4 Å². The molecule has 0 bridgehead atoms. The summed E-state index contributed by atoms with van der Waals surface area (Å²) in [6, 6.07) is 2.01. The first-order chi connectivity index (χ1) is 12.2. The van der Waals surface area contributed by atoms with Crippen LogP contribution in [0, 0.1) is 17.8 Å². The van der Waals surface area contributed by atoms with Crippen LogP contribution in [-0.4, -0.2) is 39.6 Å². The smallest absolute Gasteiger partial charge is 0.146 e. The van der Waals surface area contributed by atoms with Crippen molar-refractivity contribution in [1.29, 1.82) is 0 Å². The molecule has 1 unspecified atom stereocenters. The lowest BCUT2D eigenvalue weighted by atomic mass is 10.1. The third kappa shape index (κ3) is 3.11. The molecular formula is C19H21N5O. The molecule has 4 rings (SSSR count). The van der Waals surface area contributed by atoms with Gasteiger partial charge in [-0.1, -0.05) is 11.8 Å². The molecule has 128 valence electrons. The van der Waals surface area contributed by atoms with Crippen molar-refractivity contribution in [3.05, 3.63) is 36.4 Å². The number of hydrogen-bond acceptors (Lipinski definition) is 4. The molecule has 0 aromatic carbocycles. The Bertz CT molecular complexity index is 953. The molecular weight excluding hydrogens is 314 g/mol. The first kappa shape index (κ1) is 15.7. The summed E-state index contributed by atoms with van der Waals surface area (Å²) < 4.78 is 9.23. The molecule has 1 fully saturated rings. The molecule has 3 aromatic rings. The summed E-state index contributed by atoms with van der Waals surface area (Å²) in [5, 5.41) is 12.1. The van der Waals surface area contributed by atoms with Gasteiger partial charge in [-0.25, -0.2) is 4.52 Å². The fraction of sp³-hybridized carbons (Fsp3) is 0.368. The minimum Gasteiger partial charge on any atom is -0.494 e. The Labute approximate surface area is 146 Å². The number of methoxy groups -OCH3 is 1. The van der Waals surface area contributed by atoms with Crippen LogP contribution in [0.5, 0.6) is 5.75 Å². The summed E-state index contributed by atoms with van der Waals surface area (Å²) in [4.78, 5) is 0. The SMILES string of the molecule is COc1cc(-c2cnn(C)c2)cn2ncc(C#CCC3CCNC3)c12. The monoisotopic (exact) mass is 335 g/mol. The van der Waals surface area contributed by atoms with Crippen LogP contribution in [0.3, 0.4) is 0 Å². The van der Waals surface area contributed by atoms with Crippen molar-refractivity contribution in [2.24, 2.45) is 13.0 Å². The van der Waals surface area contributed by atoms with Gasteiger partial charge in [-0.15, -0.1) is 0 Å². The van der Waals surface area contributed by atoms with E-state index in [4.69, 9.17) is 4.74 Å². The summed E-state index contributed by atoms with van der Waals surface area (Å²) in [6.07, 6.45) is 9.73. The van der Waals surface area contributed by atoms with Gasteiger partial charge in [-0.3, -0.25) is 4.68 Å². The molecule has 0 aliphatic carbocycles. The fourth-order valence-corrected chi connectivity index (χ4v) is 3.24. The summed E-state index contributed by atoms with van der Waals surface area (Å²) in [5.74, 6) is 8.02. The second kappa shape index (κ2) is 6.61. The van der Waals surface area contributed by atoms with Gasteiger partial charge in [-0.2, -0.15) is 10.2 Å². The van der Waals surface area contributed by atoms with E-state index >= 15 is 0 Å². The zero-order valence-electron chi connectivity index (χ0n) is 14.5. The number of fused-ring (bicyclic) bond motifs is 1. The van der Waals surface area contributed by atoms with E-state index in [2.05, 4.69) is 27.4 Å². The van der Waals surface area contributed by atoms with Crippen molar-refractivity contribution in [1.82, 2.24) is 24.7 Å². The van der Waals surface area contributed by atoms with Gasteiger partial charge in [0.2, 0.25) is 0 Å². The van der Waals surface area contributed by atoms with Crippen LogP contribution in [0.2, 0.25) is 0 Å². The van der Waals surface area contributed by atoms with Gasteiger partial charge < -0.3 is 10.1 Å². The lowest BCUT2D eigenvalue weighted by Crippen LogP contribution is -2.08. The van der Waals surface area contributed by atoms with Gasteiger partial charge in [0.05, 0.1) is 25.1 Å². The van der Waals surface area contributed by atoms with Crippen LogP contribution in [0.25, 0.3) is 16.6 Å². The molecule has 6 nitrogen and oxygen atoms in total. The fourth-order valence-electron chi connectivity index (χ4n) is 3.24. The number of aromatic nitrogens is 4. The molecule has 0 saturated carbocycles. The molecule has 1 atom stereocenters. The van der Waals surface area contributed by atoms with E-state index in [0.717, 1.165) is 47.5 Å². The van der Waals surface area contributed by atoms with Crippen molar-refractivity contribution in [3.8, 4) is 28.7 Å². The van der Waals surface area contributed by atoms with Crippen molar-refractivity contribution >= 4 is 5.52 Å². The van der Waals surface area contributed by atoms with Crippen LogP contribution in [-0.2, 0) is 7.05 Å². The third-order valence-corrected chi connectivity index (χ3v) is 4.61. The average molecular weight is 335 g/mol. The van der Waals surface area contributed by atoms with Gasteiger partial charge >= 0.3 is 0 Å². The Morgan fingerprint density at radius 1 is 1.28 bits per heavy atom. The van der Waals surface area contributed by atoms with Crippen LogP contribution in [0.15, 0.2) is 30.9 Å². The molecule has 0 radical (unpaired) electrons. The van der Waals surface area contributed by atoms with Gasteiger partial charge in [0, 0.05) is 37.0 Å². The van der Waals surface area contributed by atoms with Crippen LogP contribution < -0.4 is 10.1 Å². The van der Waals surface area contributed by atoms with E-state index < -0.39 is 0 Å². The Balaban J connectivity index is 1.69. The highest BCUT2D eigenvalue weighted by atomic mass is 16.5. The van der Waals surface area contributed by atoms with Crippen LogP contribution >= 0.6 is 0 Å². The number of pyridine rings is 1. The number of nitrogens with zero attached hydrogens (tertiary/aromatic N) is 4. The Morgan fingerprint density at radius 2 is 2.20 bits per heavy atom. The first-order valence-electron chi connectivity index (χ1n) is 8.48. The predicted octanol–water partition coefficient (Wildman–Crippen LogP) is 2.09. The van der Waals surface area contributed by atoms with Crippen molar-refractivity contribution in [3.63, 3.8) is 0 Å². The largest absolute Gasteiger partial charge is 0.494 e. The van der Waals surface area contributed by atoms with Gasteiger partial charge in [0.1, 0.15) is 11.3 Å². The highest BCUT2D eigenvalue weighted by Crippen LogP contribution is 2.29. The third-order valence-electron chi connectivity index (χ3n) is 4.61. The molecule has 4 heterocycles. The summed E-state index contributed by atoms with van der Waals surface area (Å²) in [6.45, 7) is 2.18. The number of hydrogen-bond donors (Lipinski definition) is 1. The quantitative estimate of drug-likeness (QED) is 0.745. The van der Waals surface area contributed by atoms with Crippen molar-refractivity contribution < 1.29 is 4.74 Å². The van der Waals surface area contributed by atoms with Gasteiger partial charge in [0.15, 0.2) is 0 Å². The molecule has 6 heteroatoms. The predicted molar refractivity (Wildman–Crippen MR) is 96.4 cm³/mol. The van der Waals surface area contributed by atoms with E-state index in [1.54, 1.807) is 11.8 Å². The minimum absolute atomic E-state index is 0.661. The maximum absolute atomic E-state index is 5.61. The first-order valence-corrected chi connectivity index (χ1v) is 8.48. The van der Waals surface area contributed by atoms with E-state index in [9.17, 15) is 0 Å². The molecule has 1 aliphatic heterocycles. The number of nitrogens with one attached hydrogen (secondary N) is 1. The Hall–Kier alpha value is -2.78. The van der Waals surface area contributed by atoms with Crippen molar-refractivity contribution in [2.75, 3.05) is 20.2 Å². The maximum Gasteiger partial charge on any atom is 0.146 e. The summed E-state index contributed by atoms with van der Waals surface area (Å²) in [5.41, 5.74) is 3.85. The Morgan fingerprint density at radius 3 is 2.92 bits per heavy atom. The average Bonchev–Trinajstić information content (AvgIpc) is 3.35.